The van der Waals surface area contributed by atoms with Gasteiger partial charge in [0.2, 0.25) is 0 Å². The highest BCUT2D eigenvalue weighted by Crippen LogP contribution is 2.25. The molecule has 1 aromatic carbocycles. The minimum Gasteiger partial charge on any atom is -0.495 e. The lowest BCUT2D eigenvalue weighted by Crippen LogP contribution is -1.87. The van der Waals surface area contributed by atoms with Gasteiger partial charge in [-0.15, -0.1) is 0 Å². The number of methoxy groups -OCH3 is 1. The van der Waals surface area contributed by atoms with E-state index in [4.69, 9.17) is 16.3 Å². The molecule has 0 saturated heterocycles. The predicted molar refractivity (Wildman–Crippen MR) is 61.0 cm³/mol. The molecular formula is C12H13ClO. The van der Waals surface area contributed by atoms with E-state index in [0.717, 1.165) is 12.2 Å². The van der Waals surface area contributed by atoms with E-state index in [1.165, 1.54) is 5.56 Å². The maximum atomic E-state index is 5.90. The Bertz CT molecular complexity index is 342. The van der Waals surface area contributed by atoms with Crippen molar-refractivity contribution in [3.63, 3.8) is 0 Å². The van der Waals surface area contributed by atoms with Crippen molar-refractivity contribution in [3.05, 3.63) is 53.6 Å². The minimum atomic E-state index is 0.643. The van der Waals surface area contributed by atoms with E-state index >= 15 is 0 Å². The molecule has 0 bridgehead atoms. The van der Waals surface area contributed by atoms with Crippen molar-refractivity contribution in [2.45, 2.75) is 6.42 Å². The Morgan fingerprint density at radius 1 is 1.50 bits per heavy atom. The summed E-state index contributed by atoms with van der Waals surface area (Å²) in [5, 5.41) is 0.643. The topological polar surface area (TPSA) is 9.23 Å². The van der Waals surface area contributed by atoms with Crippen LogP contribution in [0.25, 0.3) is 0 Å². The van der Waals surface area contributed by atoms with Gasteiger partial charge in [0.1, 0.15) is 5.75 Å². The molecule has 0 fully saturated rings. The lowest BCUT2D eigenvalue weighted by Gasteiger charge is -2.04. The Morgan fingerprint density at radius 2 is 2.29 bits per heavy atom. The zero-order chi connectivity index (χ0) is 10.4. The zero-order valence-corrected chi connectivity index (χ0v) is 8.92. The van der Waals surface area contributed by atoms with Gasteiger partial charge in [0.05, 0.1) is 12.1 Å². The summed E-state index contributed by atoms with van der Waals surface area (Å²) in [6.45, 7) is 3.61. The van der Waals surface area contributed by atoms with Gasteiger partial charge in [-0.3, -0.25) is 0 Å². The van der Waals surface area contributed by atoms with Gasteiger partial charge in [-0.25, -0.2) is 0 Å². The van der Waals surface area contributed by atoms with E-state index in [1.807, 2.05) is 30.4 Å². The monoisotopic (exact) mass is 208 g/mol. The second-order valence-electron chi connectivity index (χ2n) is 2.84. The van der Waals surface area contributed by atoms with E-state index in [2.05, 4.69) is 6.58 Å². The van der Waals surface area contributed by atoms with Crippen LogP contribution in [0.2, 0.25) is 5.02 Å². The quantitative estimate of drug-likeness (QED) is 0.687. The smallest absolute Gasteiger partial charge is 0.137 e. The second kappa shape index (κ2) is 5.51. The first-order chi connectivity index (χ1) is 6.77. The van der Waals surface area contributed by atoms with Crippen molar-refractivity contribution in [2.75, 3.05) is 7.11 Å². The molecular weight excluding hydrogens is 196 g/mol. The Kier molecular flexibility index (Phi) is 4.27. The van der Waals surface area contributed by atoms with Crippen LogP contribution in [0.1, 0.15) is 5.56 Å². The van der Waals surface area contributed by atoms with Crippen molar-refractivity contribution in [1.29, 1.82) is 0 Å². The molecule has 14 heavy (non-hydrogen) atoms. The van der Waals surface area contributed by atoms with Gasteiger partial charge in [-0.05, 0) is 24.1 Å². The summed E-state index contributed by atoms with van der Waals surface area (Å²) in [5.74, 6) is 0.719. The lowest BCUT2D eigenvalue weighted by molar-refractivity contribution is 0.414. The number of halogens is 1. The molecule has 1 nitrogen and oxygen atoms in total. The third-order valence-corrected chi connectivity index (χ3v) is 2.15. The fourth-order valence-corrected chi connectivity index (χ4v) is 1.33. The fraction of sp³-hybridized carbons (Fsp3) is 0.167. The van der Waals surface area contributed by atoms with Gasteiger partial charge in [0, 0.05) is 0 Å². The number of ether oxygens (including phenoxy) is 1. The minimum absolute atomic E-state index is 0.643. The van der Waals surface area contributed by atoms with Crippen LogP contribution in [-0.2, 0) is 6.42 Å². The standard InChI is InChI=1S/C12H13ClO/c1-3-4-5-6-10-7-8-11(13)12(9-10)14-2/h3-5,7-9H,1,6H2,2H3/b5-4-. The summed E-state index contributed by atoms with van der Waals surface area (Å²) in [6.07, 6.45) is 6.57. The summed E-state index contributed by atoms with van der Waals surface area (Å²) < 4.78 is 5.12. The zero-order valence-electron chi connectivity index (χ0n) is 8.16. The molecule has 0 aliphatic rings. The Hall–Kier alpha value is -1.21. The van der Waals surface area contributed by atoms with Gasteiger partial charge >= 0.3 is 0 Å². The molecule has 0 aliphatic heterocycles. The summed E-state index contributed by atoms with van der Waals surface area (Å²) in [4.78, 5) is 0. The normalized spacial score (nSPS) is 10.4. The molecule has 1 rings (SSSR count). The molecule has 0 N–H and O–H groups in total. The van der Waals surface area contributed by atoms with Gasteiger partial charge < -0.3 is 4.74 Å². The van der Waals surface area contributed by atoms with Crippen molar-refractivity contribution >= 4 is 11.6 Å². The third-order valence-electron chi connectivity index (χ3n) is 1.84. The van der Waals surface area contributed by atoms with Crippen LogP contribution < -0.4 is 4.74 Å². The molecule has 0 amide bonds. The van der Waals surface area contributed by atoms with Crippen molar-refractivity contribution in [3.8, 4) is 5.75 Å². The largest absolute Gasteiger partial charge is 0.495 e. The summed E-state index contributed by atoms with van der Waals surface area (Å²) in [5.41, 5.74) is 1.17. The summed E-state index contributed by atoms with van der Waals surface area (Å²) >= 11 is 5.90. The Balaban J connectivity index is 2.78. The highest BCUT2D eigenvalue weighted by Gasteiger charge is 2.00. The molecule has 0 radical (unpaired) electrons. The Labute approximate surface area is 89.7 Å². The maximum absolute atomic E-state index is 5.90. The lowest BCUT2D eigenvalue weighted by atomic mass is 10.1. The molecule has 0 unspecified atom stereocenters. The predicted octanol–water partition coefficient (Wildman–Crippen LogP) is 3.63. The van der Waals surface area contributed by atoms with Crippen molar-refractivity contribution in [1.82, 2.24) is 0 Å². The van der Waals surface area contributed by atoms with Crippen LogP contribution in [0.5, 0.6) is 5.75 Å². The second-order valence-corrected chi connectivity index (χ2v) is 3.24. The summed E-state index contributed by atoms with van der Waals surface area (Å²) in [6, 6.07) is 5.77. The molecule has 0 heterocycles. The first kappa shape index (κ1) is 10.9. The highest BCUT2D eigenvalue weighted by molar-refractivity contribution is 6.32. The number of benzene rings is 1. The number of hydrogen-bond donors (Lipinski definition) is 0. The van der Waals surface area contributed by atoms with E-state index in [1.54, 1.807) is 13.2 Å². The first-order valence-corrected chi connectivity index (χ1v) is 4.75. The maximum Gasteiger partial charge on any atom is 0.137 e. The van der Waals surface area contributed by atoms with E-state index in [-0.39, 0.29) is 0 Å². The highest BCUT2D eigenvalue weighted by atomic mass is 35.5. The molecule has 0 saturated carbocycles. The molecule has 74 valence electrons. The van der Waals surface area contributed by atoms with Crippen LogP contribution in [-0.4, -0.2) is 7.11 Å². The Morgan fingerprint density at radius 3 is 2.93 bits per heavy atom. The number of allylic oxidation sites excluding steroid dienone is 3. The van der Waals surface area contributed by atoms with Crippen molar-refractivity contribution < 1.29 is 4.74 Å². The van der Waals surface area contributed by atoms with E-state index in [9.17, 15) is 0 Å². The van der Waals surface area contributed by atoms with Gasteiger partial charge in [0.25, 0.3) is 0 Å². The van der Waals surface area contributed by atoms with Gasteiger partial charge in [-0.2, -0.15) is 0 Å². The van der Waals surface area contributed by atoms with Crippen LogP contribution in [0.3, 0.4) is 0 Å². The molecule has 0 atom stereocenters. The SMILES string of the molecule is C=C/C=C\Cc1ccc(Cl)c(OC)c1. The molecule has 0 aliphatic carbocycles. The average Bonchev–Trinajstić information content (AvgIpc) is 2.21. The molecule has 0 aromatic heterocycles. The van der Waals surface area contributed by atoms with Gasteiger partial charge in [0.15, 0.2) is 0 Å². The fourth-order valence-electron chi connectivity index (χ4n) is 1.13. The van der Waals surface area contributed by atoms with Crippen LogP contribution >= 0.6 is 11.6 Å². The van der Waals surface area contributed by atoms with E-state index < -0.39 is 0 Å². The van der Waals surface area contributed by atoms with Crippen LogP contribution in [0.4, 0.5) is 0 Å². The number of rotatable bonds is 4. The molecule has 1 aromatic rings. The first-order valence-electron chi connectivity index (χ1n) is 4.38. The third kappa shape index (κ3) is 2.93. The van der Waals surface area contributed by atoms with E-state index in [0.29, 0.717) is 5.02 Å². The summed E-state index contributed by atoms with van der Waals surface area (Å²) in [7, 11) is 1.62. The van der Waals surface area contributed by atoms with Crippen LogP contribution in [0, 0.1) is 0 Å². The average molecular weight is 209 g/mol. The number of hydrogen-bond acceptors (Lipinski definition) is 1. The molecule has 0 spiro atoms. The van der Waals surface area contributed by atoms with Crippen molar-refractivity contribution in [2.24, 2.45) is 0 Å². The molecule has 2 heteroatoms. The van der Waals surface area contributed by atoms with Gasteiger partial charge in [-0.1, -0.05) is 42.5 Å². The van der Waals surface area contributed by atoms with Crippen LogP contribution in [0.15, 0.2) is 43.0 Å².